The first kappa shape index (κ1) is 44.5. The van der Waals surface area contributed by atoms with E-state index < -0.39 is 86.3 Å². The van der Waals surface area contributed by atoms with Gasteiger partial charge in [0.15, 0.2) is 0 Å². The Morgan fingerprint density at radius 3 is 1.44 bits per heavy atom. The molecule has 0 saturated carbocycles. The van der Waals surface area contributed by atoms with Gasteiger partial charge in [0.1, 0.15) is 5.78 Å². The summed E-state index contributed by atoms with van der Waals surface area (Å²) in [5, 5.41) is 49.5. The van der Waals surface area contributed by atoms with Crippen molar-refractivity contribution in [2.24, 2.45) is 0 Å². The molecule has 21 nitrogen and oxygen atoms in total. The van der Waals surface area contributed by atoms with Gasteiger partial charge in [0.05, 0.1) is 51.9 Å². The third kappa shape index (κ3) is 20.9. The molecule has 0 bridgehead atoms. The van der Waals surface area contributed by atoms with Crippen molar-refractivity contribution in [2.45, 2.75) is 25.8 Å². The van der Waals surface area contributed by atoms with Crippen LogP contribution < -0.4 is 26.6 Å². The lowest BCUT2D eigenvalue weighted by atomic mass is 10.1. The fraction of sp³-hybridized carbons (Fsp3) is 0.516. The van der Waals surface area contributed by atoms with Crippen molar-refractivity contribution < 1.29 is 63.6 Å². The van der Waals surface area contributed by atoms with Crippen molar-refractivity contribution in [3.05, 3.63) is 24.3 Å². The van der Waals surface area contributed by atoms with Gasteiger partial charge in [-0.3, -0.25) is 57.9 Å². The average Bonchev–Trinajstić information content (AvgIpc) is 3.04. The molecule has 1 atom stereocenters. The summed E-state index contributed by atoms with van der Waals surface area (Å²) in [6, 6.07) is 5.12. The summed E-state index contributed by atoms with van der Waals surface area (Å²) in [6.45, 7) is -2.04. The van der Waals surface area contributed by atoms with Crippen LogP contribution in [0.15, 0.2) is 24.3 Å². The smallest absolute Gasteiger partial charge is 0.317 e. The van der Waals surface area contributed by atoms with Gasteiger partial charge < -0.3 is 47.0 Å². The van der Waals surface area contributed by atoms with Crippen LogP contribution in [0.1, 0.15) is 19.8 Å². The Kier molecular flexibility index (Phi) is 20.4. The standard InChI is InChI=1S/C31H46N8O13/c1-20(40)13-33-24(41)8-7-23(32-2)31(52)34-14-25(42)35-21-3-5-22(6-4-21)36-26(43)15-38(17-28(46)47)11-9-37(16-27(44)45)10-12-39(18-29(48)49)19-30(50)51/h3-6,23,32H,7-19H2,1-2H3,(H,33,41)(H,34,52)(H,35,42)(H,36,43)(H,44,45)(H,46,47)(H,48,49)(H,50,51). The van der Waals surface area contributed by atoms with Gasteiger partial charge in [-0.2, -0.15) is 0 Å². The predicted molar refractivity (Wildman–Crippen MR) is 182 cm³/mol. The van der Waals surface area contributed by atoms with E-state index in [9.17, 15) is 53.4 Å². The lowest BCUT2D eigenvalue weighted by Crippen LogP contribution is -2.46. The minimum atomic E-state index is -1.27. The Morgan fingerprint density at radius 2 is 1.00 bits per heavy atom. The zero-order valence-corrected chi connectivity index (χ0v) is 28.9. The van der Waals surface area contributed by atoms with Crippen molar-refractivity contribution in [2.75, 3.05) is 89.7 Å². The van der Waals surface area contributed by atoms with E-state index in [0.717, 1.165) is 4.90 Å². The summed E-state index contributed by atoms with van der Waals surface area (Å²) in [7, 11) is 1.52. The molecule has 0 aliphatic heterocycles. The van der Waals surface area contributed by atoms with Crippen LogP contribution in [0.5, 0.6) is 0 Å². The van der Waals surface area contributed by atoms with E-state index in [0.29, 0.717) is 11.4 Å². The van der Waals surface area contributed by atoms with Crippen molar-refractivity contribution in [1.29, 1.82) is 0 Å². The summed E-state index contributed by atoms with van der Waals surface area (Å²) >= 11 is 0. The van der Waals surface area contributed by atoms with E-state index in [4.69, 9.17) is 10.2 Å². The lowest BCUT2D eigenvalue weighted by molar-refractivity contribution is -0.143. The number of amides is 4. The molecule has 1 unspecified atom stereocenters. The third-order valence-electron chi connectivity index (χ3n) is 7.00. The number of Topliss-reactive ketones (excluding diaryl/α,β-unsaturated/α-hetero) is 1. The van der Waals surface area contributed by atoms with Crippen LogP contribution in [0.2, 0.25) is 0 Å². The molecular weight excluding hydrogens is 692 g/mol. The number of carboxylic acid groups (broad SMARTS) is 4. The predicted octanol–water partition coefficient (Wildman–Crippen LogP) is -3.00. The summed E-state index contributed by atoms with van der Waals surface area (Å²) in [5.74, 6) is -7.29. The van der Waals surface area contributed by atoms with Gasteiger partial charge in [-0.25, -0.2) is 0 Å². The Labute approximate surface area is 298 Å². The molecule has 1 aromatic rings. The van der Waals surface area contributed by atoms with E-state index in [1.807, 2.05) is 0 Å². The molecule has 0 saturated heterocycles. The maximum Gasteiger partial charge on any atom is 0.317 e. The first-order valence-corrected chi connectivity index (χ1v) is 15.9. The van der Waals surface area contributed by atoms with Gasteiger partial charge in [-0.1, -0.05) is 0 Å². The van der Waals surface area contributed by atoms with Gasteiger partial charge in [0.2, 0.25) is 23.6 Å². The Morgan fingerprint density at radius 1 is 0.577 bits per heavy atom. The van der Waals surface area contributed by atoms with Crippen molar-refractivity contribution in [3.8, 4) is 0 Å². The number of benzene rings is 1. The fourth-order valence-electron chi connectivity index (χ4n) is 4.56. The first-order valence-electron chi connectivity index (χ1n) is 15.9. The topological polar surface area (TPSA) is 304 Å². The summed E-state index contributed by atoms with van der Waals surface area (Å²) in [4.78, 5) is 109. The second kappa shape index (κ2) is 23.8. The van der Waals surface area contributed by atoms with Crippen LogP contribution >= 0.6 is 0 Å². The SMILES string of the molecule is CNC(CCC(=O)NCC(C)=O)C(=O)NCC(=O)Nc1ccc(NC(=O)CN(CCN(CCN(CC(=O)O)CC(=O)O)CC(=O)O)CC(=O)O)cc1. The fourth-order valence-corrected chi connectivity index (χ4v) is 4.56. The van der Waals surface area contributed by atoms with Crippen LogP contribution in [0.3, 0.4) is 0 Å². The number of carbonyl (C=O) groups excluding carboxylic acids is 5. The molecule has 0 fully saturated rings. The number of aliphatic carboxylic acids is 4. The summed E-state index contributed by atoms with van der Waals surface area (Å²) in [6.07, 6.45) is 0.113. The molecular formula is C31H46N8O13. The van der Waals surface area contributed by atoms with E-state index in [1.54, 1.807) is 0 Å². The van der Waals surface area contributed by atoms with Gasteiger partial charge in [-0.05, 0) is 44.7 Å². The molecule has 0 radical (unpaired) electrons. The minimum absolute atomic E-state index is 0.0155. The molecule has 0 aromatic heterocycles. The average molecular weight is 739 g/mol. The molecule has 1 rings (SSSR count). The first-order chi connectivity index (χ1) is 24.5. The van der Waals surface area contributed by atoms with Crippen molar-refractivity contribution >= 4 is 64.7 Å². The highest BCUT2D eigenvalue weighted by Crippen LogP contribution is 2.13. The Hall–Kier alpha value is -5.51. The molecule has 52 heavy (non-hydrogen) atoms. The summed E-state index contributed by atoms with van der Waals surface area (Å²) in [5.41, 5.74) is 0.640. The minimum Gasteiger partial charge on any atom is -0.480 e. The number of hydrogen-bond acceptors (Lipinski definition) is 13. The number of nitrogens with zero attached hydrogens (tertiary/aromatic N) is 3. The van der Waals surface area contributed by atoms with Gasteiger partial charge in [0, 0.05) is 44.0 Å². The molecule has 4 amide bonds. The van der Waals surface area contributed by atoms with Crippen LogP contribution in [-0.2, 0) is 43.2 Å². The summed E-state index contributed by atoms with van der Waals surface area (Å²) < 4.78 is 0. The number of nitrogens with one attached hydrogen (secondary N) is 5. The third-order valence-corrected chi connectivity index (χ3v) is 7.00. The normalized spacial score (nSPS) is 11.5. The van der Waals surface area contributed by atoms with Crippen LogP contribution in [0.25, 0.3) is 0 Å². The quantitative estimate of drug-likeness (QED) is 0.0434. The maximum atomic E-state index is 12.8. The number of rotatable bonds is 27. The molecule has 1 aromatic carbocycles. The highest BCUT2D eigenvalue weighted by molar-refractivity contribution is 5.96. The zero-order valence-electron chi connectivity index (χ0n) is 28.9. The van der Waals surface area contributed by atoms with E-state index in [-0.39, 0.29) is 57.9 Å². The number of likely N-dealkylation sites (N-methyl/N-ethyl adjacent to an activating group) is 1. The molecule has 9 N–H and O–H groups in total. The number of carbonyl (C=O) groups is 9. The highest BCUT2D eigenvalue weighted by atomic mass is 16.4. The van der Waals surface area contributed by atoms with Crippen LogP contribution in [0, 0.1) is 0 Å². The van der Waals surface area contributed by atoms with Gasteiger partial charge >= 0.3 is 23.9 Å². The van der Waals surface area contributed by atoms with E-state index in [2.05, 4.69) is 26.6 Å². The largest absolute Gasteiger partial charge is 0.480 e. The van der Waals surface area contributed by atoms with Crippen molar-refractivity contribution in [1.82, 2.24) is 30.7 Å². The number of hydrogen-bond donors (Lipinski definition) is 9. The number of anilines is 2. The van der Waals surface area contributed by atoms with Gasteiger partial charge in [-0.15, -0.1) is 0 Å². The van der Waals surface area contributed by atoms with Crippen LogP contribution in [0.4, 0.5) is 11.4 Å². The monoisotopic (exact) mass is 738 g/mol. The second-order valence-electron chi connectivity index (χ2n) is 11.5. The van der Waals surface area contributed by atoms with Gasteiger partial charge in [0.25, 0.3) is 0 Å². The van der Waals surface area contributed by atoms with Crippen LogP contribution in [-0.4, -0.2) is 173 Å². The zero-order chi connectivity index (χ0) is 39.2. The van der Waals surface area contributed by atoms with E-state index in [1.165, 1.54) is 48.0 Å². The number of carboxylic acids is 4. The number of ketones is 1. The van der Waals surface area contributed by atoms with Crippen molar-refractivity contribution in [3.63, 3.8) is 0 Å². The lowest BCUT2D eigenvalue weighted by Gasteiger charge is -2.27. The molecule has 288 valence electrons. The Balaban J connectivity index is 2.68. The van der Waals surface area contributed by atoms with E-state index >= 15 is 0 Å². The maximum absolute atomic E-state index is 12.8. The second-order valence-corrected chi connectivity index (χ2v) is 11.5. The molecule has 0 aliphatic carbocycles. The molecule has 21 heteroatoms. The Bertz CT molecular complexity index is 1410. The highest BCUT2D eigenvalue weighted by Gasteiger charge is 2.21. The molecule has 0 heterocycles. The molecule has 0 spiro atoms. The molecule has 0 aliphatic rings.